The van der Waals surface area contributed by atoms with Crippen LogP contribution in [0, 0.1) is 0 Å². The number of nitrogens with zero attached hydrogens (tertiary/aromatic N) is 1. The van der Waals surface area contributed by atoms with Gasteiger partial charge >= 0.3 is 0 Å². The van der Waals surface area contributed by atoms with Gasteiger partial charge in [0.05, 0.1) is 0 Å². The van der Waals surface area contributed by atoms with Gasteiger partial charge in [0.15, 0.2) is 5.78 Å². The minimum atomic E-state index is -0.824. The number of imide groups is 1. The molecular weight excluding hydrogens is 196 g/mol. The lowest BCUT2D eigenvalue weighted by molar-refractivity contribution is -0.143. The maximum Gasteiger partial charge on any atom is 0.254 e. The Balaban J connectivity index is 0.000000921. The van der Waals surface area contributed by atoms with Crippen LogP contribution in [0.1, 0.15) is 20.8 Å². The molecule has 0 aromatic rings. The second-order valence-corrected chi connectivity index (χ2v) is 2.74. The summed E-state index contributed by atoms with van der Waals surface area (Å²) in [5, 5.41) is 0. The fourth-order valence-corrected chi connectivity index (χ4v) is 1.17. The maximum absolute atomic E-state index is 11.1. The molecule has 0 aromatic heterocycles. The molecule has 0 aromatic carbocycles. The third-order valence-corrected chi connectivity index (χ3v) is 1.85. The molecule has 1 aliphatic heterocycles. The van der Waals surface area contributed by atoms with Crippen LogP contribution >= 0.6 is 0 Å². The van der Waals surface area contributed by atoms with Gasteiger partial charge in [0, 0.05) is 18.7 Å². The summed E-state index contributed by atoms with van der Waals surface area (Å²) >= 11 is 0. The van der Waals surface area contributed by atoms with Crippen LogP contribution in [-0.2, 0) is 14.4 Å². The highest BCUT2D eigenvalue weighted by molar-refractivity contribution is 6.15. The first-order valence-electron chi connectivity index (χ1n) is 4.83. The van der Waals surface area contributed by atoms with E-state index in [1.165, 1.54) is 6.92 Å². The van der Waals surface area contributed by atoms with Gasteiger partial charge in [0.1, 0.15) is 6.04 Å². The van der Waals surface area contributed by atoms with Crippen LogP contribution in [0.3, 0.4) is 0 Å². The summed E-state index contributed by atoms with van der Waals surface area (Å²) in [5.74, 6) is -1.24. The average Bonchev–Trinajstić information content (AvgIpc) is 2.53. The highest BCUT2D eigenvalue weighted by Crippen LogP contribution is 2.08. The molecule has 15 heavy (non-hydrogen) atoms. The van der Waals surface area contributed by atoms with Gasteiger partial charge in [-0.1, -0.05) is 13.8 Å². The fraction of sp³-hybridized carbons (Fsp3) is 0.500. The van der Waals surface area contributed by atoms with Gasteiger partial charge in [-0.05, 0) is 6.92 Å². The number of Topliss-reactive ketones (excluding diaryl/α,β-unsaturated/α-hetero) is 1. The molecule has 5 heteroatoms. The second kappa shape index (κ2) is 6.08. The maximum atomic E-state index is 11.1. The predicted molar refractivity (Wildman–Crippen MR) is 55.9 cm³/mol. The van der Waals surface area contributed by atoms with E-state index < -0.39 is 17.9 Å². The minimum absolute atomic E-state index is 0.0332. The van der Waals surface area contributed by atoms with Gasteiger partial charge in [-0.2, -0.15) is 0 Å². The van der Waals surface area contributed by atoms with Crippen molar-refractivity contribution in [2.75, 3.05) is 6.54 Å². The molecule has 0 saturated carbocycles. The fourth-order valence-electron chi connectivity index (χ4n) is 1.17. The zero-order valence-corrected chi connectivity index (χ0v) is 9.19. The van der Waals surface area contributed by atoms with Crippen LogP contribution in [0.2, 0.25) is 0 Å². The SMILES string of the molecule is CC.CC(=O)C(CN)N1C(=O)C=CC1=O. The first-order valence-corrected chi connectivity index (χ1v) is 4.83. The van der Waals surface area contributed by atoms with E-state index >= 15 is 0 Å². The van der Waals surface area contributed by atoms with Crippen molar-refractivity contribution in [2.45, 2.75) is 26.8 Å². The molecule has 0 fully saturated rings. The van der Waals surface area contributed by atoms with Crippen LogP contribution in [0.25, 0.3) is 0 Å². The van der Waals surface area contributed by atoms with Gasteiger partial charge in [-0.25, -0.2) is 0 Å². The molecule has 5 nitrogen and oxygen atoms in total. The molecule has 1 heterocycles. The zero-order valence-electron chi connectivity index (χ0n) is 9.19. The van der Waals surface area contributed by atoms with Crippen LogP contribution in [0.15, 0.2) is 12.2 Å². The smallest absolute Gasteiger partial charge is 0.254 e. The van der Waals surface area contributed by atoms with Crippen LogP contribution in [0.4, 0.5) is 0 Å². The van der Waals surface area contributed by atoms with Crippen molar-refractivity contribution >= 4 is 17.6 Å². The van der Waals surface area contributed by atoms with Gasteiger partial charge < -0.3 is 5.73 Å². The molecule has 2 N–H and O–H groups in total. The number of hydrogen-bond acceptors (Lipinski definition) is 4. The van der Waals surface area contributed by atoms with E-state index in [-0.39, 0.29) is 12.3 Å². The van der Waals surface area contributed by atoms with Crippen molar-refractivity contribution < 1.29 is 14.4 Å². The molecule has 0 bridgehead atoms. The average molecular weight is 212 g/mol. The summed E-state index contributed by atoms with van der Waals surface area (Å²) in [6.07, 6.45) is 2.27. The third kappa shape index (κ3) is 2.99. The monoisotopic (exact) mass is 212 g/mol. The molecule has 0 radical (unpaired) electrons. The Hall–Kier alpha value is -1.49. The molecule has 0 aliphatic carbocycles. The Morgan fingerprint density at radius 2 is 1.73 bits per heavy atom. The lowest BCUT2D eigenvalue weighted by Crippen LogP contribution is -2.48. The van der Waals surface area contributed by atoms with Crippen molar-refractivity contribution in [1.82, 2.24) is 4.90 Å². The third-order valence-electron chi connectivity index (χ3n) is 1.85. The number of hydrogen-bond donors (Lipinski definition) is 1. The van der Waals surface area contributed by atoms with E-state index in [1.54, 1.807) is 0 Å². The summed E-state index contributed by atoms with van der Waals surface area (Å²) in [5.41, 5.74) is 5.28. The van der Waals surface area contributed by atoms with Crippen molar-refractivity contribution in [3.05, 3.63) is 12.2 Å². The molecule has 0 saturated heterocycles. The highest BCUT2D eigenvalue weighted by Gasteiger charge is 2.32. The Kier molecular flexibility index (Phi) is 5.48. The number of nitrogens with two attached hydrogens (primary N) is 1. The van der Waals surface area contributed by atoms with Gasteiger partial charge in [0.2, 0.25) is 0 Å². The summed E-state index contributed by atoms with van der Waals surface area (Å²) < 4.78 is 0. The quantitative estimate of drug-likeness (QED) is 0.660. The van der Waals surface area contributed by atoms with E-state index in [4.69, 9.17) is 5.73 Å². The zero-order chi connectivity index (χ0) is 12.0. The standard InChI is InChI=1S/C8H10N2O3.C2H6/c1-5(11)6(4-9)10-7(12)2-3-8(10)13;1-2/h2-3,6H,4,9H2,1H3;1-2H3. The van der Waals surface area contributed by atoms with E-state index in [0.717, 1.165) is 17.1 Å². The first kappa shape index (κ1) is 13.5. The van der Waals surface area contributed by atoms with Crippen molar-refractivity contribution in [3.8, 4) is 0 Å². The number of rotatable bonds is 3. The second-order valence-electron chi connectivity index (χ2n) is 2.74. The molecule has 1 aliphatic rings. The first-order chi connectivity index (χ1) is 7.07. The molecule has 2 amide bonds. The molecular formula is C10H16N2O3. The summed E-state index contributed by atoms with van der Waals surface area (Å²) in [7, 11) is 0. The van der Waals surface area contributed by atoms with Crippen molar-refractivity contribution in [3.63, 3.8) is 0 Å². The van der Waals surface area contributed by atoms with E-state index in [0.29, 0.717) is 0 Å². The Morgan fingerprint density at radius 3 is 2.00 bits per heavy atom. The normalized spacial score (nSPS) is 16.1. The van der Waals surface area contributed by atoms with Crippen molar-refractivity contribution in [2.24, 2.45) is 5.73 Å². The van der Waals surface area contributed by atoms with Crippen molar-refractivity contribution in [1.29, 1.82) is 0 Å². The van der Waals surface area contributed by atoms with E-state index in [9.17, 15) is 14.4 Å². The largest absolute Gasteiger partial charge is 0.328 e. The molecule has 84 valence electrons. The van der Waals surface area contributed by atoms with Gasteiger partial charge in [0.25, 0.3) is 11.8 Å². The van der Waals surface area contributed by atoms with Gasteiger partial charge in [-0.15, -0.1) is 0 Å². The number of amides is 2. The molecule has 0 spiro atoms. The highest BCUT2D eigenvalue weighted by atomic mass is 16.2. The number of carbonyl (C=O) groups is 3. The van der Waals surface area contributed by atoms with E-state index in [1.807, 2.05) is 13.8 Å². The number of ketones is 1. The van der Waals surface area contributed by atoms with E-state index in [2.05, 4.69) is 0 Å². The summed E-state index contributed by atoms with van der Waals surface area (Å²) in [6.45, 7) is 5.27. The lowest BCUT2D eigenvalue weighted by Gasteiger charge is -2.21. The lowest BCUT2D eigenvalue weighted by atomic mass is 10.2. The molecule has 1 atom stereocenters. The molecule has 1 unspecified atom stereocenters. The summed E-state index contributed by atoms with van der Waals surface area (Å²) in [6, 6.07) is -0.824. The van der Waals surface area contributed by atoms with Crippen LogP contribution < -0.4 is 5.73 Å². The minimum Gasteiger partial charge on any atom is -0.328 e. The van der Waals surface area contributed by atoms with Gasteiger partial charge in [-0.3, -0.25) is 19.3 Å². The predicted octanol–water partition coefficient (Wildman–Crippen LogP) is -0.146. The number of carbonyl (C=O) groups excluding carboxylic acids is 3. The molecule has 1 rings (SSSR count). The van der Waals surface area contributed by atoms with Crippen LogP contribution in [-0.4, -0.2) is 35.1 Å². The topological polar surface area (TPSA) is 80.5 Å². The Labute approximate surface area is 88.9 Å². The summed E-state index contributed by atoms with van der Waals surface area (Å²) in [4.78, 5) is 34.1. The Morgan fingerprint density at radius 1 is 1.33 bits per heavy atom. The van der Waals surface area contributed by atoms with Crippen LogP contribution in [0.5, 0.6) is 0 Å². The Bertz CT molecular complexity index is 279.